The van der Waals surface area contributed by atoms with Gasteiger partial charge in [-0.05, 0) is 12.1 Å². The molecule has 2 heterocycles. The molecule has 0 aliphatic heterocycles. The van der Waals surface area contributed by atoms with Crippen molar-refractivity contribution >= 4 is 0 Å². The molecule has 0 bridgehead atoms. The van der Waals surface area contributed by atoms with Crippen molar-refractivity contribution in [2.24, 2.45) is 0 Å². The summed E-state index contributed by atoms with van der Waals surface area (Å²) in [7, 11) is 0. The third-order valence-corrected chi connectivity index (χ3v) is 2.36. The minimum Gasteiger partial charge on any atom is -0.259 e. The second kappa shape index (κ2) is 4.04. The van der Waals surface area contributed by atoms with Crippen molar-refractivity contribution in [3.63, 3.8) is 0 Å². The maximum atomic E-state index is 4.26. The van der Waals surface area contributed by atoms with Crippen molar-refractivity contribution in [3.8, 4) is 0 Å². The molecular weight excluding hydrogens is 200 g/mol. The van der Waals surface area contributed by atoms with Crippen LogP contribution >= 0.6 is 0 Å². The lowest BCUT2D eigenvalue weighted by Gasteiger charge is -2.12. The first kappa shape index (κ1) is 10.8. The summed E-state index contributed by atoms with van der Waals surface area (Å²) in [4.78, 5) is 4.26. The van der Waals surface area contributed by atoms with E-state index in [9.17, 15) is 0 Å². The van der Waals surface area contributed by atoms with E-state index >= 15 is 0 Å². The fraction of sp³-hybridized carbons (Fsp3) is 0.417. The maximum absolute atomic E-state index is 4.26. The van der Waals surface area contributed by atoms with Crippen molar-refractivity contribution in [1.29, 1.82) is 0 Å². The van der Waals surface area contributed by atoms with Gasteiger partial charge in [-0.2, -0.15) is 0 Å². The van der Waals surface area contributed by atoms with Crippen molar-refractivity contribution < 1.29 is 0 Å². The number of rotatable bonds is 2. The Balaban J connectivity index is 2.15. The third-order valence-electron chi connectivity index (χ3n) is 2.36. The smallest absolute Gasteiger partial charge is 0.0880 e. The molecule has 2 aromatic heterocycles. The fourth-order valence-electron chi connectivity index (χ4n) is 1.38. The molecule has 84 valence electrons. The summed E-state index contributed by atoms with van der Waals surface area (Å²) < 4.78 is 1.82. The van der Waals surface area contributed by atoms with Crippen LogP contribution in [0.1, 0.15) is 32.2 Å². The fourth-order valence-corrected chi connectivity index (χ4v) is 1.38. The van der Waals surface area contributed by atoms with Crippen LogP contribution in [0.4, 0.5) is 0 Å². The van der Waals surface area contributed by atoms with Crippen LogP contribution in [0, 0.1) is 0 Å². The Morgan fingerprint density at radius 1 is 1.25 bits per heavy atom. The summed E-state index contributed by atoms with van der Waals surface area (Å²) >= 11 is 0. The molecule has 0 atom stereocenters. The largest absolute Gasteiger partial charge is 0.259 e. The molecule has 0 spiro atoms. The number of hydrogen-bond donors (Lipinski definition) is 0. The molecule has 0 amide bonds. The number of pyridine rings is 1. The van der Waals surface area contributed by atoms with Crippen molar-refractivity contribution in [1.82, 2.24) is 20.0 Å². The Kier molecular flexibility index (Phi) is 2.73. The van der Waals surface area contributed by atoms with Gasteiger partial charge in [0.05, 0.1) is 17.9 Å². The van der Waals surface area contributed by atoms with E-state index in [0.717, 1.165) is 11.4 Å². The molecule has 0 saturated carbocycles. The van der Waals surface area contributed by atoms with Gasteiger partial charge in [0.1, 0.15) is 0 Å². The minimum absolute atomic E-state index is 0.0440. The van der Waals surface area contributed by atoms with E-state index in [4.69, 9.17) is 0 Å². The lowest BCUT2D eigenvalue weighted by Crippen LogP contribution is -2.11. The van der Waals surface area contributed by atoms with E-state index in [-0.39, 0.29) is 5.41 Å². The average Bonchev–Trinajstić information content (AvgIpc) is 2.67. The van der Waals surface area contributed by atoms with Gasteiger partial charge in [0.25, 0.3) is 0 Å². The Hall–Kier alpha value is -1.71. The van der Waals surface area contributed by atoms with E-state index in [0.29, 0.717) is 6.54 Å². The maximum Gasteiger partial charge on any atom is 0.0880 e. The van der Waals surface area contributed by atoms with Crippen LogP contribution in [-0.4, -0.2) is 20.0 Å². The summed E-state index contributed by atoms with van der Waals surface area (Å²) in [5.74, 6) is 0. The number of nitrogens with zero attached hydrogens (tertiary/aromatic N) is 4. The first-order valence-corrected chi connectivity index (χ1v) is 5.36. The zero-order valence-corrected chi connectivity index (χ0v) is 9.88. The molecule has 0 fully saturated rings. The SMILES string of the molecule is CC(C)(C)c1cn(Cc2ccccn2)nn1. The Morgan fingerprint density at radius 2 is 2.06 bits per heavy atom. The highest BCUT2D eigenvalue weighted by Gasteiger charge is 2.17. The molecule has 0 aliphatic carbocycles. The molecule has 0 radical (unpaired) electrons. The predicted molar refractivity (Wildman–Crippen MR) is 62.1 cm³/mol. The lowest BCUT2D eigenvalue weighted by molar-refractivity contribution is 0.566. The molecule has 2 rings (SSSR count). The summed E-state index contributed by atoms with van der Waals surface area (Å²) in [5.41, 5.74) is 2.04. The summed E-state index contributed by atoms with van der Waals surface area (Å²) in [6, 6.07) is 5.87. The highest BCUT2D eigenvalue weighted by Crippen LogP contribution is 2.18. The minimum atomic E-state index is 0.0440. The van der Waals surface area contributed by atoms with Gasteiger partial charge < -0.3 is 0 Å². The van der Waals surface area contributed by atoms with Crippen LogP contribution in [0.25, 0.3) is 0 Å². The van der Waals surface area contributed by atoms with Crippen LogP contribution in [0.5, 0.6) is 0 Å². The normalized spacial score (nSPS) is 11.7. The Labute approximate surface area is 95.3 Å². The van der Waals surface area contributed by atoms with E-state index in [1.807, 2.05) is 29.1 Å². The highest BCUT2D eigenvalue weighted by molar-refractivity contribution is 5.08. The van der Waals surface area contributed by atoms with Crippen LogP contribution in [0.15, 0.2) is 30.6 Å². The van der Waals surface area contributed by atoms with E-state index in [1.54, 1.807) is 6.20 Å². The second-order valence-corrected chi connectivity index (χ2v) is 4.87. The summed E-state index contributed by atoms with van der Waals surface area (Å²) in [6.07, 6.45) is 3.77. The van der Waals surface area contributed by atoms with Crippen molar-refractivity contribution in [3.05, 3.63) is 42.0 Å². The van der Waals surface area contributed by atoms with Gasteiger partial charge in [-0.25, -0.2) is 4.68 Å². The molecule has 0 N–H and O–H groups in total. The lowest BCUT2D eigenvalue weighted by atomic mass is 9.93. The molecule has 0 saturated heterocycles. The van der Waals surface area contributed by atoms with Crippen molar-refractivity contribution in [2.45, 2.75) is 32.7 Å². The Morgan fingerprint density at radius 3 is 2.62 bits per heavy atom. The summed E-state index contributed by atoms with van der Waals surface area (Å²) in [6.45, 7) is 7.05. The molecule has 16 heavy (non-hydrogen) atoms. The summed E-state index contributed by atoms with van der Waals surface area (Å²) in [5, 5.41) is 8.27. The standard InChI is InChI=1S/C12H16N4/c1-12(2,3)11-9-16(15-14-11)8-10-6-4-5-7-13-10/h4-7,9H,8H2,1-3H3. The van der Waals surface area contributed by atoms with Gasteiger partial charge in [-0.3, -0.25) is 4.98 Å². The van der Waals surface area contributed by atoms with E-state index in [1.165, 1.54) is 0 Å². The van der Waals surface area contributed by atoms with Crippen molar-refractivity contribution in [2.75, 3.05) is 0 Å². The van der Waals surface area contributed by atoms with Gasteiger partial charge in [0, 0.05) is 17.8 Å². The quantitative estimate of drug-likeness (QED) is 0.771. The van der Waals surface area contributed by atoms with Gasteiger partial charge in [0.2, 0.25) is 0 Å². The zero-order valence-electron chi connectivity index (χ0n) is 9.88. The highest BCUT2D eigenvalue weighted by atomic mass is 15.4. The first-order valence-electron chi connectivity index (χ1n) is 5.36. The molecule has 0 unspecified atom stereocenters. The van der Waals surface area contributed by atoms with Gasteiger partial charge >= 0.3 is 0 Å². The van der Waals surface area contributed by atoms with Crippen LogP contribution in [0.3, 0.4) is 0 Å². The molecule has 4 heteroatoms. The van der Waals surface area contributed by atoms with Gasteiger partial charge in [0.15, 0.2) is 0 Å². The first-order chi connectivity index (χ1) is 7.55. The molecule has 4 nitrogen and oxygen atoms in total. The van der Waals surface area contributed by atoms with E-state index in [2.05, 4.69) is 36.1 Å². The predicted octanol–water partition coefficient (Wildman–Crippen LogP) is 2.02. The van der Waals surface area contributed by atoms with E-state index < -0.39 is 0 Å². The topological polar surface area (TPSA) is 43.6 Å². The average molecular weight is 216 g/mol. The van der Waals surface area contributed by atoms with Gasteiger partial charge in [-0.15, -0.1) is 5.10 Å². The number of aromatic nitrogens is 4. The molecule has 0 aliphatic rings. The van der Waals surface area contributed by atoms with Gasteiger partial charge in [-0.1, -0.05) is 32.1 Å². The van der Waals surface area contributed by atoms with Crippen LogP contribution < -0.4 is 0 Å². The van der Waals surface area contributed by atoms with Crippen LogP contribution in [0.2, 0.25) is 0 Å². The Bertz CT molecular complexity index is 453. The molecule has 2 aromatic rings. The zero-order chi connectivity index (χ0) is 11.6. The molecule has 0 aromatic carbocycles. The number of hydrogen-bond acceptors (Lipinski definition) is 3. The third kappa shape index (κ3) is 2.45. The molecular formula is C12H16N4. The second-order valence-electron chi connectivity index (χ2n) is 4.87. The monoisotopic (exact) mass is 216 g/mol. The van der Waals surface area contributed by atoms with Crippen LogP contribution in [-0.2, 0) is 12.0 Å².